The van der Waals surface area contributed by atoms with Crippen LogP contribution in [-0.2, 0) is 6.42 Å². The third kappa shape index (κ3) is 3.34. The van der Waals surface area contributed by atoms with E-state index in [2.05, 4.69) is 5.32 Å². The van der Waals surface area contributed by atoms with E-state index in [4.69, 9.17) is 0 Å². The van der Waals surface area contributed by atoms with E-state index >= 15 is 0 Å². The topological polar surface area (TPSA) is 29.1 Å². The zero-order valence-corrected chi connectivity index (χ0v) is 13.0. The molecule has 0 unspecified atom stereocenters. The van der Waals surface area contributed by atoms with Crippen LogP contribution in [0.1, 0.15) is 22.2 Å². The van der Waals surface area contributed by atoms with Gasteiger partial charge >= 0.3 is 0 Å². The lowest BCUT2D eigenvalue weighted by Crippen LogP contribution is -2.33. The molecule has 3 rings (SSSR count). The summed E-state index contributed by atoms with van der Waals surface area (Å²) >= 11 is 1.48. The van der Waals surface area contributed by atoms with E-state index in [0.29, 0.717) is 11.3 Å². The average molecular weight is 313 g/mol. The molecular formula is C18H16FNOS. The van der Waals surface area contributed by atoms with Gasteiger partial charge in [0.25, 0.3) is 5.91 Å². The van der Waals surface area contributed by atoms with Gasteiger partial charge in [0, 0.05) is 10.7 Å². The Balaban J connectivity index is 1.68. The number of benzene rings is 2. The summed E-state index contributed by atoms with van der Waals surface area (Å²) in [6.07, 6.45) is 0.606. The molecule has 0 aliphatic carbocycles. The van der Waals surface area contributed by atoms with Crippen LogP contribution < -0.4 is 5.32 Å². The van der Waals surface area contributed by atoms with Gasteiger partial charge in [-0.2, -0.15) is 0 Å². The van der Waals surface area contributed by atoms with E-state index in [1.54, 1.807) is 6.07 Å². The summed E-state index contributed by atoms with van der Waals surface area (Å²) < 4.78 is 14.3. The first kappa shape index (κ1) is 14.7. The molecule has 0 aliphatic rings. The summed E-state index contributed by atoms with van der Waals surface area (Å²) in [6.45, 7) is 1.93. The maximum atomic E-state index is 13.2. The smallest absolute Gasteiger partial charge is 0.261 e. The van der Waals surface area contributed by atoms with Crippen LogP contribution >= 0.6 is 11.3 Å². The number of fused-ring (bicyclic) bond motifs is 1. The number of carbonyl (C=O) groups is 1. The minimum atomic E-state index is -0.250. The fraction of sp³-hybridized carbons (Fsp3) is 0.167. The fourth-order valence-corrected chi connectivity index (χ4v) is 3.42. The Morgan fingerprint density at radius 1 is 1.18 bits per heavy atom. The Bertz CT molecular complexity index is 778. The zero-order valence-electron chi connectivity index (χ0n) is 12.2. The van der Waals surface area contributed by atoms with Gasteiger partial charge in [0.15, 0.2) is 0 Å². The third-order valence-electron chi connectivity index (χ3n) is 3.46. The van der Waals surface area contributed by atoms with Crippen LogP contribution in [0, 0.1) is 5.82 Å². The second kappa shape index (κ2) is 6.28. The monoisotopic (exact) mass is 313 g/mol. The van der Waals surface area contributed by atoms with Crippen LogP contribution in [-0.4, -0.2) is 11.9 Å². The highest BCUT2D eigenvalue weighted by Crippen LogP contribution is 2.25. The highest BCUT2D eigenvalue weighted by atomic mass is 32.1. The standard InChI is InChI=1S/C18H16FNOS/c1-12(9-13-5-4-7-15(19)10-13)20-18(21)17-11-14-6-2-3-8-16(14)22-17/h2-8,10-12H,9H2,1H3,(H,20,21)/t12-/m1/s1. The van der Waals surface area contributed by atoms with Crippen LogP contribution in [0.3, 0.4) is 0 Å². The molecule has 1 N–H and O–H groups in total. The Hall–Kier alpha value is -2.20. The highest BCUT2D eigenvalue weighted by Gasteiger charge is 2.13. The van der Waals surface area contributed by atoms with Crippen LogP contribution in [0.4, 0.5) is 4.39 Å². The Morgan fingerprint density at radius 3 is 2.77 bits per heavy atom. The van der Waals surface area contributed by atoms with E-state index in [0.717, 1.165) is 15.6 Å². The Kier molecular flexibility index (Phi) is 4.20. The fourth-order valence-electron chi connectivity index (χ4n) is 2.46. The Labute approximate surface area is 132 Å². The maximum Gasteiger partial charge on any atom is 0.261 e. The normalized spacial score (nSPS) is 12.3. The molecule has 2 nitrogen and oxygen atoms in total. The van der Waals surface area contributed by atoms with Crippen molar-refractivity contribution in [1.82, 2.24) is 5.32 Å². The first-order valence-corrected chi connectivity index (χ1v) is 7.97. The number of hydrogen-bond donors (Lipinski definition) is 1. The molecule has 0 saturated heterocycles. The second-order valence-corrected chi connectivity index (χ2v) is 6.44. The first-order chi connectivity index (χ1) is 10.6. The SMILES string of the molecule is C[C@H](Cc1cccc(F)c1)NC(=O)c1cc2ccccc2s1. The number of thiophene rings is 1. The van der Waals surface area contributed by atoms with Crippen molar-refractivity contribution in [2.45, 2.75) is 19.4 Å². The average Bonchev–Trinajstić information content (AvgIpc) is 2.91. The van der Waals surface area contributed by atoms with Gasteiger partial charge in [-0.05, 0) is 48.6 Å². The molecule has 112 valence electrons. The predicted molar refractivity (Wildman–Crippen MR) is 88.9 cm³/mol. The molecule has 0 bridgehead atoms. The molecule has 1 atom stereocenters. The molecule has 0 radical (unpaired) electrons. The van der Waals surface area contributed by atoms with Crippen molar-refractivity contribution in [3.63, 3.8) is 0 Å². The molecule has 2 aromatic carbocycles. The van der Waals surface area contributed by atoms with E-state index in [1.165, 1.54) is 23.5 Å². The summed E-state index contributed by atoms with van der Waals surface area (Å²) in [6, 6.07) is 16.3. The number of amides is 1. The van der Waals surface area contributed by atoms with Crippen molar-refractivity contribution >= 4 is 27.3 Å². The van der Waals surface area contributed by atoms with Crippen molar-refractivity contribution in [3.05, 3.63) is 70.9 Å². The summed E-state index contributed by atoms with van der Waals surface area (Å²) in [5.74, 6) is -0.328. The summed E-state index contributed by atoms with van der Waals surface area (Å²) in [4.78, 5) is 13.0. The van der Waals surface area contributed by atoms with E-state index < -0.39 is 0 Å². The highest BCUT2D eigenvalue weighted by molar-refractivity contribution is 7.20. The molecule has 3 aromatic rings. The molecule has 22 heavy (non-hydrogen) atoms. The van der Waals surface area contributed by atoms with Crippen molar-refractivity contribution in [1.29, 1.82) is 0 Å². The van der Waals surface area contributed by atoms with E-state index in [9.17, 15) is 9.18 Å². The molecule has 4 heteroatoms. The van der Waals surface area contributed by atoms with Crippen LogP contribution in [0.15, 0.2) is 54.6 Å². The summed E-state index contributed by atoms with van der Waals surface area (Å²) in [5, 5.41) is 4.05. The Morgan fingerprint density at radius 2 is 2.00 bits per heavy atom. The molecule has 0 saturated carbocycles. The number of rotatable bonds is 4. The van der Waals surface area contributed by atoms with Gasteiger partial charge in [0.05, 0.1) is 4.88 Å². The van der Waals surface area contributed by atoms with Gasteiger partial charge < -0.3 is 5.32 Å². The van der Waals surface area contributed by atoms with Crippen LogP contribution in [0.25, 0.3) is 10.1 Å². The summed E-state index contributed by atoms with van der Waals surface area (Å²) in [7, 11) is 0. The van der Waals surface area contributed by atoms with Gasteiger partial charge in [-0.25, -0.2) is 4.39 Å². The number of nitrogens with one attached hydrogen (secondary N) is 1. The molecule has 0 aliphatic heterocycles. The lowest BCUT2D eigenvalue weighted by molar-refractivity contribution is 0.0944. The van der Waals surface area contributed by atoms with Crippen molar-refractivity contribution in [2.75, 3.05) is 0 Å². The van der Waals surface area contributed by atoms with Crippen molar-refractivity contribution < 1.29 is 9.18 Å². The van der Waals surface area contributed by atoms with Crippen LogP contribution in [0.2, 0.25) is 0 Å². The first-order valence-electron chi connectivity index (χ1n) is 7.16. The van der Waals surface area contributed by atoms with Gasteiger partial charge in [0.2, 0.25) is 0 Å². The van der Waals surface area contributed by atoms with Gasteiger partial charge in [-0.15, -0.1) is 11.3 Å². The van der Waals surface area contributed by atoms with Crippen molar-refractivity contribution in [2.24, 2.45) is 0 Å². The molecular weight excluding hydrogens is 297 g/mol. The molecule has 1 heterocycles. The van der Waals surface area contributed by atoms with Gasteiger partial charge in [-0.1, -0.05) is 30.3 Å². The minimum absolute atomic E-state index is 0.0560. The lowest BCUT2D eigenvalue weighted by Gasteiger charge is -2.13. The largest absolute Gasteiger partial charge is 0.349 e. The maximum absolute atomic E-state index is 13.2. The molecule has 1 aromatic heterocycles. The molecule has 0 spiro atoms. The third-order valence-corrected chi connectivity index (χ3v) is 4.57. The van der Waals surface area contributed by atoms with E-state index in [1.807, 2.05) is 43.3 Å². The van der Waals surface area contributed by atoms with E-state index in [-0.39, 0.29) is 17.8 Å². The van der Waals surface area contributed by atoms with Gasteiger partial charge in [0.1, 0.15) is 5.82 Å². The van der Waals surface area contributed by atoms with Crippen LogP contribution in [0.5, 0.6) is 0 Å². The quantitative estimate of drug-likeness (QED) is 0.760. The summed E-state index contributed by atoms with van der Waals surface area (Å²) in [5.41, 5.74) is 0.879. The predicted octanol–water partition coefficient (Wildman–Crippen LogP) is 4.40. The minimum Gasteiger partial charge on any atom is -0.349 e. The van der Waals surface area contributed by atoms with Gasteiger partial charge in [-0.3, -0.25) is 4.79 Å². The molecule has 0 fully saturated rings. The number of halogens is 1. The zero-order chi connectivity index (χ0) is 15.5. The number of hydrogen-bond acceptors (Lipinski definition) is 2. The number of carbonyl (C=O) groups excluding carboxylic acids is 1. The molecule has 1 amide bonds. The second-order valence-electron chi connectivity index (χ2n) is 5.36. The lowest BCUT2D eigenvalue weighted by atomic mass is 10.1. The van der Waals surface area contributed by atoms with Crippen molar-refractivity contribution in [3.8, 4) is 0 Å².